The molecule has 0 saturated heterocycles. The number of unbranched alkanes of at least 4 members (excludes halogenated alkanes) is 1. The second-order valence-electron chi connectivity index (χ2n) is 8.24. The minimum absolute atomic E-state index is 0.100. The highest BCUT2D eigenvalue weighted by Gasteiger charge is 2.15. The van der Waals surface area contributed by atoms with Crippen molar-refractivity contribution in [2.75, 3.05) is 26.2 Å². The van der Waals surface area contributed by atoms with Crippen LogP contribution in [-0.4, -0.2) is 78.1 Å². The largest absolute Gasteiger partial charge is 0.481 e. The van der Waals surface area contributed by atoms with Crippen LogP contribution in [0.4, 0.5) is 0 Å². The molecule has 3 N–H and O–H groups in total. The first-order chi connectivity index (χ1) is 17.6. The number of aryl methyl sites for hydroxylation is 1. The number of rotatable bonds is 13. The summed E-state index contributed by atoms with van der Waals surface area (Å²) in [5.74, 6) is -1.06. The number of benzene rings is 1. The molecule has 11 heteroatoms. The van der Waals surface area contributed by atoms with Crippen LogP contribution in [0.3, 0.4) is 0 Å². The fourth-order valence-electron chi connectivity index (χ4n) is 3.31. The molecule has 0 aliphatic heterocycles. The third-order valence-electron chi connectivity index (χ3n) is 5.52. The lowest BCUT2D eigenvalue weighted by atomic mass is 10.0. The maximum Gasteiger partial charge on any atom is 0.305 e. The second-order valence-corrected chi connectivity index (χ2v) is 11.6. The number of hydrogen-bond donors (Lipinski definition) is 3. The van der Waals surface area contributed by atoms with Crippen LogP contribution in [0.2, 0.25) is 0 Å². The number of carboxylic acids is 1. The molecule has 1 rings (SSSR count). The number of aliphatic hydroxyl groups excluding tert-OH is 2. The van der Waals surface area contributed by atoms with E-state index >= 15 is 0 Å². The predicted molar refractivity (Wildman–Crippen MR) is 164 cm³/mol. The molecule has 0 radical (unpaired) electrons. The second kappa shape index (κ2) is 21.5. The van der Waals surface area contributed by atoms with E-state index in [2.05, 4.69) is 43.6 Å². The average molecular weight is 588 g/mol. The van der Waals surface area contributed by atoms with Crippen LogP contribution < -0.4 is 0 Å². The van der Waals surface area contributed by atoms with Crippen LogP contribution in [0.1, 0.15) is 70.9 Å². The van der Waals surface area contributed by atoms with Gasteiger partial charge in [-0.05, 0) is 92.7 Å². The summed E-state index contributed by atoms with van der Waals surface area (Å²) in [4.78, 5) is 14.7. The minimum atomic E-state index is -1.06. The van der Waals surface area contributed by atoms with Crippen LogP contribution in [0.25, 0.3) is 0 Å². The van der Waals surface area contributed by atoms with Crippen LogP contribution in [-0.2, 0) is 11.2 Å². The maximum atomic E-state index is 10.4. The summed E-state index contributed by atoms with van der Waals surface area (Å²) >= 11 is 10.7. The predicted octanol–water partition coefficient (Wildman–Crippen LogP) is 5.48. The molecule has 37 heavy (non-hydrogen) atoms. The van der Waals surface area contributed by atoms with E-state index in [1.807, 2.05) is 12.1 Å². The van der Waals surface area contributed by atoms with E-state index < -0.39 is 18.2 Å². The normalized spacial score (nSPS) is 11.9. The quantitative estimate of drug-likeness (QED) is 0.155. The van der Waals surface area contributed by atoms with Crippen molar-refractivity contribution in [2.24, 2.45) is 0 Å². The first-order valence-corrected chi connectivity index (χ1v) is 15.6. The van der Waals surface area contributed by atoms with Crippen molar-refractivity contribution < 1.29 is 20.1 Å². The lowest BCUT2D eigenvalue weighted by Gasteiger charge is -2.23. The van der Waals surface area contributed by atoms with Crippen LogP contribution >= 0.6 is 46.0 Å². The van der Waals surface area contributed by atoms with E-state index in [-0.39, 0.29) is 12.8 Å². The van der Waals surface area contributed by atoms with Crippen molar-refractivity contribution >= 4 is 60.6 Å². The molecule has 208 valence electrons. The first kappa shape index (κ1) is 35.6. The molecule has 2 atom stereocenters. The third kappa shape index (κ3) is 16.9. The number of nitrogens with zero attached hydrogens (tertiary/aromatic N) is 3. The zero-order valence-corrected chi connectivity index (χ0v) is 25.5. The molecule has 0 amide bonds. The van der Waals surface area contributed by atoms with Gasteiger partial charge in [0.25, 0.3) is 0 Å². The number of thiocarbonyl (C=S) groups is 2. The monoisotopic (exact) mass is 587 g/mol. The molecule has 1 aromatic rings. The lowest BCUT2D eigenvalue weighted by molar-refractivity contribution is -0.139. The topological polar surface area (TPSA) is 108 Å². The number of carbonyl (C=O) groups is 1. The molecule has 0 bridgehead atoms. The Morgan fingerprint density at radius 3 is 1.81 bits per heavy atom. The Morgan fingerprint density at radius 2 is 1.41 bits per heavy atom. The zero-order chi connectivity index (χ0) is 28.2. The Balaban J connectivity index is 0.000000730. The van der Waals surface area contributed by atoms with Crippen LogP contribution in [0, 0.1) is 11.3 Å². The molecule has 1 aromatic carbocycles. The van der Waals surface area contributed by atoms with Gasteiger partial charge >= 0.3 is 5.97 Å². The van der Waals surface area contributed by atoms with Gasteiger partial charge in [-0.3, -0.25) is 4.79 Å². The Morgan fingerprint density at radius 1 is 0.919 bits per heavy atom. The molecule has 2 unspecified atom stereocenters. The van der Waals surface area contributed by atoms with Gasteiger partial charge in [0, 0.05) is 26.2 Å². The Hall–Kier alpha value is -1.42. The molecule has 7 nitrogen and oxygen atoms in total. The summed E-state index contributed by atoms with van der Waals surface area (Å²) in [7, 11) is 3.18. The first-order valence-electron chi connectivity index (χ1n) is 12.6. The third-order valence-corrected chi connectivity index (χ3v) is 9.25. The Bertz CT molecular complexity index is 817. The van der Waals surface area contributed by atoms with Crippen molar-refractivity contribution in [1.82, 2.24) is 9.80 Å². The number of hydrogen-bond acceptors (Lipinski definition) is 8. The summed E-state index contributed by atoms with van der Waals surface area (Å²) in [5, 5.41) is 36.3. The van der Waals surface area contributed by atoms with Crippen molar-refractivity contribution in [3.05, 3.63) is 35.4 Å². The molecular weight excluding hydrogens is 547 g/mol. The summed E-state index contributed by atoms with van der Waals surface area (Å²) in [6, 6.07) is 9.48. The van der Waals surface area contributed by atoms with Crippen molar-refractivity contribution in [3.63, 3.8) is 0 Å². The van der Waals surface area contributed by atoms with E-state index in [0.29, 0.717) is 12.0 Å². The van der Waals surface area contributed by atoms with Gasteiger partial charge in [-0.15, -0.1) is 0 Å². The van der Waals surface area contributed by atoms with E-state index in [1.165, 1.54) is 0 Å². The summed E-state index contributed by atoms with van der Waals surface area (Å²) in [6.45, 7) is 12.3. The zero-order valence-electron chi connectivity index (χ0n) is 22.3. The van der Waals surface area contributed by atoms with Crippen molar-refractivity contribution in [2.45, 2.75) is 78.4 Å². The van der Waals surface area contributed by atoms with E-state index in [1.54, 1.807) is 33.7 Å². The summed E-state index contributed by atoms with van der Waals surface area (Å²) < 4.78 is 1.84. The van der Waals surface area contributed by atoms with Crippen LogP contribution in [0.15, 0.2) is 24.3 Å². The summed E-state index contributed by atoms with van der Waals surface area (Å²) in [5.41, 5.74) is 1.79. The molecular formula is C26H41N3O4S4. The van der Waals surface area contributed by atoms with Crippen molar-refractivity contribution in [1.29, 1.82) is 5.26 Å². The number of carboxylic acid groups (broad SMARTS) is 1. The number of aliphatic carboxylic acids is 1. The fourth-order valence-corrected chi connectivity index (χ4v) is 6.37. The highest BCUT2D eigenvalue weighted by molar-refractivity contribution is 8.89. The molecule has 0 heterocycles. The standard InChI is InChI=1S/C16H21NO4.C10H20N2S4/c17-11-13-7-5-12(6-8-13)3-1-2-4-14(18)9-15(19)10-16(20)21;1-5-11(6-2)9(13)15-16-10(14)12(7-3)8-4/h5-8,14-15,18-19H,1-4,9-10H2,(H,20,21);5-8H2,1-4H3. The fraction of sp³-hybridized carbons (Fsp3) is 0.615. The molecule has 0 aromatic heterocycles. The van der Waals surface area contributed by atoms with Gasteiger partial charge in [0.15, 0.2) is 0 Å². The minimum Gasteiger partial charge on any atom is -0.481 e. The number of nitriles is 1. The number of aliphatic hydroxyl groups is 2. The smallest absolute Gasteiger partial charge is 0.305 e. The highest BCUT2D eigenvalue weighted by atomic mass is 33.1. The molecule has 0 saturated carbocycles. The van der Waals surface area contributed by atoms with Gasteiger partial charge in [-0.1, -0.05) is 43.0 Å². The lowest BCUT2D eigenvalue weighted by Crippen LogP contribution is -2.28. The highest BCUT2D eigenvalue weighted by Crippen LogP contribution is 2.28. The van der Waals surface area contributed by atoms with Gasteiger partial charge in [-0.25, -0.2) is 0 Å². The van der Waals surface area contributed by atoms with Gasteiger partial charge in [0.1, 0.15) is 8.64 Å². The van der Waals surface area contributed by atoms with Crippen molar-refractivity contribution in [3.8, 4) is 6.07 Å². The Kier molecular flexibility index (Phi) is 20.7. The SMILES string of the molecule is CCN(CC)C(=S)SSC(=S)N(CC)CC.N#Cc1ccc(CCCCC(O)CC(O)CC(=O)O)cc1. The Labute approximate surface area is 241 Å². The van der Waals surface area contributed by atoms with E-state index in [4.69, 9.17) is 34.8 Å². The maximum absolute atomic E-state index is 10.4. The van der Waals surface area contributed by atoms with E-state index in [0.717, 1.165) is 59.6 Å². The van der Waals surface area contributed by atoms with Crippen LogP contribution in [0.5, 0.6) is 0 Å². The van der Waals surface area contributed by atoms with E-state index in [9.17, 15) is 15.0 Å². The van der Waals surface area contributed by atoms with Gasteiger partial charge in [-0.2, -0.15) is 5.26 Å². The average Bonchev–Trinajstić information content (AvgIpc) is 2.87. The molecule has 0 aliphatic rings. The van der Waals surface area contributed by atoms with Gasteiger partial charge < -0.3 is 25.1 Å². The summed E-state index contributed by atoms with van der Waals surface area (Å²) in [6.07, 6.45) is 1.24. The van der Waals surface area contributed by atoms with Gasteiger partial charge in [0.2, 0.25) is 0 Å². The van der Waals surface area contributed by atoms with Gasteiger partial charge in [0.05, 0.1) is 30.3 Å². The molecule has 0 fully saturated rings. The molecule has 0 spiro atoms. The molecule has 0 aliphatic carbocycles.